The Morgan fingerprint density at radius 1 is 1.32 bits per heavy atom. The van der Waals surface area contributed by atoms with E-state index in [0.29, 0.717) is 0 Å². The van der Waals surface area contributed by atoms with Gasteiger partial charge >= 0.3 is 11.7 Å². The molecule has 0 heterocycles. The van der Waals surface area contributed by atoms with Gasteiger partial charge < -0.3 is 9.84 Å². The van der Waals surface area contributed by atoms with E-state index in [1.807, 2.05) is 0 Å². The number of carboxylic acid groups (broad SMARTS) is 1. The average Bonchev–Trinajstić information content (AvgIpc) is 2.39. The van der Waals surface area contributed by atoms with Gasteiger partial charge in [0.1, 0.15) is 5.56 Å². The van der Waals surface area contributed by atoms with E-state index >= 15 is 0 Å². The number of rotatable bonds is 4. The lowest BCUT2D eigenvalue weighted by atomic mass is 9.98. The van der Waals surface area contributed by atoms with E-state index in [1.54, 1.807) is 0 Å². The minimum atomic E-state index is -1.32. The highest BCUT2D eigenvalue weighted by molar-refractivity contribution is 5.93. The van der Waals surface area contributed by atoms with Crippen molar-refractivity contribution in [2.45, 2.75) is 38.2 Å². The van der Waals surface area contributed by atoms with Gasteiger partial charge in [0.25, 0.3) is 0 Å². The first-order valence-electron chi connectivity index (χ1n) is 6.27. The van der Waals surface area contributed by atoms with Crippen molar-refractivity contribution in [1.29, 1.82) is 0 Å². The Balaban J connectivity index is 2.30. The maximum Gasteiger partial charge on any atom is 0.342 e. The molecule has 0 saturated heterocycles. The van der Waals surface area contributed by atoms with E-state index in [-0.39, 0.29) is 17.4 Å². The molecule has 0 unspecified atom stereocenters. The number of aromatic carboxylic acids is 1. The Labute approximate surface area is 110 Å². The van der Waals surface area contributed by atoms with Gasteiger partial charge in [-0.05, 0) is 37.8 Å². The molecular weight excluding hydrogens is 250 g/mol. The normalized spacial score (nSPS) is 16.0. The molecule has 1 saturated carbocycles. The molecular formula is C13H15NO5. The molecule has 1 aromatic rings. The Kier molecular flexibility index (Phi) is 3.99. The molecule has 0 amide bonds. The van der Waals surface area contributed by atoms with Gasteiger partial charge in [-0.25, -0.2) is 4.79 Å². The predicted molar refractivity (Wildman–Crippen MR) is 67.6 cm³/mol. The zero-order chi connectivity index (χ0) is 13.8. The van der Waals surface area contributed by atoms with E-state index in [9.17, 15) is 14.9 Å². The van der Waals surface area contributed by atoms with Crippen molar-refractivity contribution in [2.75, 3.05) is 0 Å². The monoisotopic (exact) mass is 265 g/mol. The molecule has 19 heavy (non-hydrogen) atoms. The molecule has 0 atom stereocenters. The van der Waals surface area contributed by atoms with Gasteiger partial charge in [0, 0.05) is 0 Å². The lowest BCUT2D eigenvalue weighted by Gasteiger charge is -2.22. The SMILES string of the molecule is O=C(O)c1cccc(OC2CCCCC2)c1[N+](=O)[O-]. The van der Waals surface area contributed by atoms with Crippen LogP contribution in [0.15, 0.2) is 18.2 Å². The lowest BCUT2D eigenvalue weighted by molar-refractivity contribution is -0.386. The molecule has 1 aliphatic rings. The Morgan fingerprint density at radius 2 is 2.00 bits per heavy atom. The summed E-state index contributed by atoms with van der Waals surface area (Å²) in [6.07, 6.45) is 4.88. The molecule has 0 radical (unpaired) electrons. The van der Waals surface area contributed by atoms with Crippen molar-refractivity contribution in [3.8, 4) is 5.75 Å². The molecule has 0 spiro atoms. The predicted octanol–water partition coefficient (Wildman–Crippen LogP) is 3.00. The van der Waals surface area contributed by atoms with Crippen LogP contribution in [0.1, 0.15) is 42.5 Å². The van der Waals surface area contributed by atoms with E-state index in [2.05, 4.69) is 0 Å². The molecule has 1 aliphatic carbocycles. The highest BCUT2D eigenvalue weighted by atomic mass is 16.6. The smallest absolute Gasteiger partial charge is 0.342 e. The molecule has 0 bridgehead atoms. The quantitative estimate of drug-likeness (QED) is 0.667. The summed E-state index contributed by atoms with van der Waals surface area (Å²) < 4.78 is 5.63. The number of hydrogen-bond donors (Lipinski definition) is 1. The van der Waals surface area contributed by atoms with Crippen molar-refractivity contribution >= 4 is 11.7 Å². The third-order valence-electron chi connectivity index (χ3n) is 3.26. The summed E-state index contributed by atoms with van der Waals surface area (Å²) in [6.45, 7) is 0. The number of para-hydroxylation sites is 1. The topological polar surface area (TPSA) is 89.7 Å². The minimum absolute atomic E-state index is 0.0526. The fourth-order valence-corrected chi connectivity index (χ4v) is 2.34. The second-order valence-corrected chi connectivity index (χ2v) is 4.59. The highest BCUT2D eigenvalue weighted by Gasteiger charge is 2.27. The van der Waals surface area contributed by atoms with Crippen molar-refractivity contribution in [3.05, 3.63) is 33.9 Å². The maximum atomic E-state index is 11.1. The van der Waals surface area contributed by atoms with E-state index < -0.39 is 16.6 Å². The Hall–Kier alpha value is -2.11. The van der Waals surface area contributed by atoms with Crippen LogP contribution in [0.3, 0.4) is 0 Å². The van der Waals surface area contributed by atoms with Gasteiger partial charge in [-0.3, -0.25) is 10.1 Å². The summed E-state index contributed by atoms with van der Waals surface area (Å²) in [5, 5.41) is 20.0. The summed E-state index contributed by atoms with van der Waals surface area (Å²) in [5.74, 6) is -1.27. The maximum absolute atomic E-state index is 11.1. The number of nitro benzene ring substituents is 1. The summed E-state index contributed by atoms with van der Waals surface area (Å²) in [6, 6.07) is 4.14. The molecule has 102 valence electrons. The summed E-state index contributed by atoms with van der Waals surface area (Å²) in [5.41, 5.74) is -0.793. The second kappa shape index (κ2) is 5.69. The molecule has 0 aliphatic heterocycles. The average molecular weight is 265 g/mol. The van der Waals surface area contributed by atoms with Crippen molar-refractivity contribution in [1.82, 2.24) is 0 Å². The van der Waals surface area contributed by atoms with Crippen LogP contribution in [0.4, 0.5) is 5.69 Å². The largest absolute Gasteiger partial charge is 0.483 e. The second-order valence-electron chi connectivity index (χ2n) is 4.59. The van der Waals surface area contributed by atoms with Crippen molar-refractivity contribution in [3.63, 3.8) is 0 Å². The zero-order valence-electron chi connectivity index (χ0n) is 10.4. The van der Waals surface area contributed by atoms with Crippen molar-refractivity contribution in [2.24, 2.45) is 0 Å². The number of carbonyl (C=O) groups is 1. The first kappa shape index (κ1) is 13.3. The van der Waals surface area contributed by atoms with Gasteiger partial charge in [-0.15, -0.1) is 0 Å². The van der Waals surface area contributed by atoms with Gasteiger partial charge in [0.05, 0.1) is 11.0 Å². The fraction of sp³-hybridized carbons (Fsp3) is 0.462. The van der Waals surface area contributed by atoms with E-state index in [4.69, 9.17) is 9.84 Å². The lowest BCUT2D eigenvalue weighted by Crippen LogP contribution is -2.20. The van der Waals surface area contributed by atoms with Gasteiger partial charge in [0.15, 0.2) is 5.75 Å². The number of nitro groups is 1. The standard InChI is InChI=1S/C13H15NO5/c15-13(16)10-7-4-8-11(12(10)14(17)18)19-9-5-2-1-3-6-9/h4,7-9H,1-3,5-6H2,(H,15,16). The molecule has 1 fully saturated rings. The van der Waals surface area contributed by atoms with E-state index in [0.717, 1.165) is 32.1 Å². The first-order valence-corrected chi connectivity index (χ1v) is 6.27. The van der Waals surface area contributed by atoms with Gasteiger partial charge in [-0.1, -0.05) is 12.5 Å². The van der Waals surface area contributed by atoms with Crippen LogP contribution in [0, 0.1) is 10.1 Å². The molecule has 0 aromatic heterocycles. The van der Waals surface area contributed by atoms with Gasteiger partial charge in [-0.2, -0.15) is 0 Å². The number of nitrogens with zero attached hydrogens (tertiary/aromatic N) is 1. The third kappa shape index (κ3) is 3.01. The number of hydrogen-bond acceptors (Lipinski definition) is 4. The summed E-state index contributed by atoms with van der Waals surface area (Å²) in [4.78, 5) is 21.4. The highest BCUT2D eigenvalue weighted by Crippen LogP contribution is 2.33. The molecule has 1 aromatic carbocycles. The number of carboxylic acids is 1. The number of ether oxygens (including phenoxy) is 1. The van der Waals surface area contributed by atoms with Gasteiger partial charge in [0.2, 0.25) is 0 Å². The molecule has 2 rings (SSSR count). The zero-order valence-corrected chi connectivity index (χ0v) is 10.4. The number of benzene rings is 1. The van der Waals surface area contributed by atoms with Crippen LogP contribution in [-0.2, 0) is 0 Å². The third-order valence-corrected chi connectivity index (χ3v) is 3.26. The summed E-state index contributed by atoms with van der Waals surface area (Å²) >= 11 is 0. The molecule has 1 N–H and O–H groups in total. The van der Waals surface area contributed by atoms with Crippen LogP contribution in [0.25, 0.3) is 0 Å². The molecule has 6 nitrogen and oxygen atoms in total. The van der Waals surface area contributed by atoms with Crippen LogP contribution >= 0.6 is 0 Å². The fourth-order valence-electron chi connectivity index (χ4n) is 2.34. The first-order chi connectivity index (χ1) is 9.09. The summed E-state index contributed by atoms with van der Waals surface area (Å²) in [7, 11) is 0. The Bertz CT molecular complexity index is 494. The van der Waals surface area contributed by atoms with Crippen LogP contribution in [0.2, 0.25) is 0 Å². The van der Waals surface area contributed by atoms with Crippen molar-refractivity contribution < 1.29 is 19.6 Å². The minimum Gasteiger partial charge on any atom is -0.483 e. The van der Waals surface area contributed by atoms with E-state index in [1.165, 1.54) is 18.2 Å². The van der Waals surface area contributed by atoms with Crippen LogP contribution in [-0.4, -0.2) is 22.1 Å². The van der Waals surface area contributed by atoms with Crippen LogP contribution < -0.4 is 4.74 Å². The Morgan fingerprint density at radius 3 is 2.58 bits per heavy atom. The molecule has 6 heteroatoms. The van der Waals surface area contributed by atoms with Crippen LogP contribution in [0.5, 0.6) is 5.75 Å².